The Labute approximate surface area is 173 Å². The van der Waals surface area contributed by atoms with Crippen LogP contribution in [0.15, 0.2) is 28.8 Å². The van der Waals surface area contributed by atoms with Crippen LogP contribution in [0.5, 0.6) is 0 Å². The molecule has 5 rings (SSSR count). The SMILES string of the molecule is CC(C)c1cc(Nc2nc(N3CCOCC3)c3oc4ncccc4c3n2)[nH]n1.Cl. The van der Waals surface area contributed by atoms with Crippen LogP contribution in [0.3, 0.4) is 0 Å². The highest BCUT2D eigenvalue weighted by Crippen LogP contribution is 2.33. The van der Waals surface area contributed by atoms with Crippen LogP contribution in [0.1, 0.15) is 25.5 Å². The van der Waals surface area contributed by atoms with E-state index in [1.165, 1.54) is 0 Å². The van der Waals surface area contributed by atoms with Crippen LogP contribution < -0.4 is 10.2 Å². The van der Waals surface area contributed by atoms with E-state index in [2.05, 4.69) is 39.2 Å². The number of hydrogen-bond acceptors (Lipinski definition) is 8. The number of nitrogens with zero attached hydrogens (tertiary/aromatic N) is 5. The lowest BCUT2D eigenvalue weighted by Crippen LogP contribution is -2.37. The minimum Gasteiger partial charge on any atom is -0.432 e. The molecule has 1 aliphatic heterocycles. The van der Waals surface area contributed by atoms with Gasteiger partial charge in [-0.1, -0.05) is 13.8 Å². The largest absolute Gasteiger partial charge is 0.432 e. The molecule has 2 N–H and O–H groups in total. The number of morpholine rings is 1. The maximum Gasteiger partial charge on any atom is 0.231 e. The van der Waals surface area contributed by atoms with Crippen molar-refractivity contribution in [1.82, 2.24) is 25.1 Å². The van der Waals surface area contributed by atoms with Crippen molar-refractivity contribution >= 4 is 52.2 Å². The summed E-state index contributed by atoms with van der Waals surface area (Å²) in [7, 11) is 0. The topological polar surface area (TPSA) is 105 Å². The van der Waals surface area contributed by atoms with Crippen molar-refractivity contribution in [3.63, 3.8) is 0 Å². The van der Waals surface area contributed by atoms with Crippen LogP contribution in [0.2, 0.25) is 0 Å². The van der Waals surface area contributed by atoms with Crippen molar-refractivity contribution in [2.24, 2.45) is 0 Å². The summed E-state index contributed by atoms with van der Waals surface area (Å²) in [5.74, 6) is 2.32. The van der Waals surface area contributed by atoms with Gasteiger partial charge in [-0.2, -0.15) is 10.1 Å². The van der Waals surface area contributed by atoms with Crippen LogP contribution in [0, 0.1) is 0 Å². The molecule has 1 fully saturated rings. The number of hydrogen-bond donors (Lipinski definition) is 2. The molecule has 4 aromatic rings. The highest BCUT2D eigenvalue weighted by atomic mass is 35.5. The summed E-state index contributed by atoms with van der Waals surface area (Å²) >= 11 is 0. The molecule has 0 aromatic carbocycles. The summed E-state index contributed by atoms with van der Waals surface area (Å²) in [6.07, 6.45) is 1.71. The van der Waals surface area contributed by atoms with Gasteiger partial charge in [0.25, 0.3) is 0 Å². The van der Waals surface area contributed by atoms with Crippen molar-refractivity contribution in [3.8, 4) is 0 Å². The first kappa shape index (κ1) is 19.4. The van der Waals surface area contributed by atoms with Crippen LogP contribution in [0.25, 0.3) is 22.2 Å². The number of aromatic amines is 1. The standard InChI is InChI=1S/C19H21N7O2.ClH/c1-11(2)13-10-14(25-24-13)21-19-22-15-12-4-3-5-20-18(12)28-16(15)17(23-19)26-6-8-27-9-7-26;/h3-5,10-11H,6-9H2,1-2H3,(H2,21,22,23,24,25);1H. The number of H-pyrrole nitrogens is 1. The lowest BCUT2D eigenvalue weighted by Gasteiger charge is -2.27. The van der Waals surface area contributed by atoms with E-state index in [1.807, 2.05) is 18.2 Å². The molecule has 4 aromatic heterocycles. The third-order valence-corrected chi connectivity index (χ3v) is 4.82. The number of ether oxygens (including phenoxy) is 1. The zero-order valence-corrected chi connectivity index (χ0v) is 17.0. The van der Waals surface area contributed by atoms with Crippen LogP contribution in [0.4, 0.5) is 17.6 Å². The summed E-state index contributed by atoms with van der Waals surface area (Å²) in [4.78, 5) is 15.9. The molecule has 0 amide bonds. The van der Waals surface area contributed by atoms with Crippen LogP contribution in [-0.2, 0) is 4.74 Å². The van der Waals surface area contributed by atoms with E-state index < -0.39 is 0 Å². The smallest absolute Gasteiger partial charge is 0.231 e. The zero-order valence-electron chi connectivity index (χ0n) is 16.2. The average Bonchev–Trinajstić information content (AvgIpc) is 3.33. The van der Waals surface area contributed by atoms with E-state index in [9.17, 15) is 0 Å². The maximum absolute atomic E-state index is 6.01. The number of aromatic nitrogens is 5. The Morgan fingerprint density at radius 1 is 1.21 bits per heavy atom. The Bertz CT molecular complexity index is 1130. The van der Waals surface area contributed by atoms with Gasteiger partial charge in [-0.05, 0) is 18.1 Å². The Balaban J connectivity index is 0.00000205. The minimum atomic E-state index is 0. The molecule has 0 atom stereocenters. The third-order valence-electron chi connectivity index (χ3n) is 4.82. The van der Waals surface area contributed by atoms with E-state index in [0.717, 1.165) is 41.3 Å². The van der Waals surface area contributed by atoms with Gasteiger partial charge < -0.3 is 19.4 Å². The fourth-order valence-corrected chi connectivity index (χ4v) is 3.33. The highest BCUT2D eigenvalue weighted by molar-refractivity contribution is 6.05. The van der Waals surface area contributed by atoms with Crippen molar-refractivity contribution in [3.05, 3.63) is 30.1 Å². The molecule has 0 aliphatic carbocycles. The highest BCUT2D eigenvalue weighted by Gasteiger charge is 2.22. The monoisotopic (exact) mass is 415 g/mol. The summed E-state index contributed by atoms with van der Waals surface area (Å²) in [6, 6.07) is 5.81. The molecule has 0 unspecified atom stereocenters. The zero-order chi connectivity index (χ0) is 19.1. The predicted molar refractivity (Wildman–Crippen MR) is 113 cm³/mol. The van der Waals surface area contributed by atoms with Crippen LogP contribution in [-0.4, -0.2) is 51.5 Å². The molecule has 29 heavy (non-hydrogen) atoms. The van der Waals surface area contributed by atoms with E-state index in [4.69, 9.17) is 19.1 Å². The second-order valence-corrected chi connectivity index (χ2v) is 7.09. The predicted octanol–water partition coefficient (Wildman–Crippen LogP) is 3.62. The van der Waals surface area contributed by atoms with Gasteiger partial charge in [0, 0.05) is 25.4 Å². The molecule has 0 spiro atoms. The molecule has 1 aliphatic rings. The Morgan fingerprint density at radius 3 is 2.79 bits per heavy atom. The molecular formula is C19H22ClN7O2. The Hall–Kier alpha value is -2.91. The number of anilines is 3. The molecular weight excluding hydrogens is 394 g/mol. The molecule has 9 nitrogen and oxygen atoms in total. The molecule has 0 bridgehead atoms. The second kappa shape index (κ2) is 7.84. The Morgan fingerprint density at radius 2 is 2.03 bits per heavy atom. The number of fused-ring (bicyclic) bond motifs is 3. The summed E-state index contributed by atoms with van der Waals surface area (Å²) in [5.41, 5.74) is 2.93. The summed E-state index contributed by atoms with van der Waals surface area (Å²) < 4.78 is 11.5. The van der Waals surface area contributed by atoms with Crippen molar-refractivity contribution in [2.75, 3.05) is 36.5 Å². The summed E-state index contributed by atoms with van der Waals surface area (Å²) in [5, 5.41) is 11.4. The molecule has 10 heteroatoms. The van der Waals surface area contributed by atoms with Gasteiger partial charge in [0.1, 0.15) is 11.3 Å². The quantitative estimate of drug-likeness (QED) is 0.520. The van der Waals surface area contributed by atoms with Gasteiger partial charge in [-0.15, -0.1) is 12.4 Å². The number of halogens is 1. The normalized spacial score (nSPS) is 14.5. The average molecular weight is 416 g/mol. The summed E-state index contributed by atoms with van der Waals surface area (Å²) in [6.45, 7) is 7.01. The number of nitrogens with one attached hydrogen (secondary N) is 2. The van der Waals surface area contributed by atoms with Crippen molar-refractivity contribution in [1.29, 1.82) is 0 Å². The molecule has 5 heterocycles. The Kier molecular flexibility index (Phi) is 5.25. The first-order valence-corrected chi connectivity index (χ1v) is 9.39. The first-order chi connectivity index (χ1) is 13.7. The second-order valence-electron chi connectivity index (χ2n) is 7.09. The number of rotatable bonds is 4. The van der Waals surface area contributed by atoms with Gasteiger partial charge in [0.15, 0.2) is 11.4 Å². The van der Waals surface area contributed by atoms with Gasteiger partial charge >= 0.3 is 0 Å². The fraction of sp³-hybridized carbons (Fsp3) is 0.368. The molecule has 0 saturated carbocycles. The van der Waals surface area contributed by atoms with E-state index in [1.54, 1.807) is 6.20 Å². The molecule has 1 saturated heterocycles. The van der Waals surface area contributed by atoms with Crippen molar-refractivity contribution in [2.45, 2.75) is 19.8 Å². The van der Waals surface area contributed by atoms with E-state index in [-0.39, 0.29) is 12.4 Å². The molecule has 152 valence electrons. The van der Waals surface area contributed by atoms with Gasteiger partial charge in [-0.3, -0.25) is 5.10 Å². The lowest BCUT2D eigenvalue weighted by molar-refractivity contribution is 0.122. The number of furan rings is 1. The molecule has 0 radical (unpaired) electrons. The van der Waals surface area contributed by atoms with Crippen molar-refractivity contribution < 1.29 is 9.15 Å². The van der Waals surface area contributed by atoms with Crippen LogP contribution >= 0.6 is 12.4 Å². The van der Waals surface area contributed by atoms with Gasteiger partial charge in [0.2, 0.25) is 11.7 Å². The van der Waals surface area contributed by atoms with E-state index in [0.29, 0.717) is 36.4 Å². The number of pyridine rings is 1. The third kappa shape index (κ3) is 3.58. The maximum atomic E-state index is 6.01. The first-order valence-electron chi connectivity index (χ1n) is 9.39. The van der Waals surface area contributed by atoms with Gasteiger partial charge in [-0.25, -0.2) is 9.97 Å². The fourth-order valence-electron chi connectivity index (χ4n) is 3.33. The van der Waals surface area contributed by atoms with E-state index >= 15 is 0 Å². The minimum absolute atomic E-state index is 0. The lowest BCUT2D eigenvalue weighted by atomic mass is 10.1. The van der Waals surface area contributed by atoms with Gasteiger partial charge in [0.05, 0.1) is 24.3 Å².